The maximum absolute atomic E-state index is 9.01. The standard InChI is InChI=1S/C10H17NO2/c1-12-6-3-2-4-10(8-11)5-7-13-9-10/h2-7,9H2,1H3. The van der Waals surface area contributed by atoms with Gasteiger partial charge in [0.15, 0.2) is 0 Å². The lowest BCUT2D eigenvalue weighted by Gasteiger charge is -2.17. The molecule has 1 atom stereocenters. The zero-order chi connectivity index (χ0) is 9.57. The van der Waals surface area contributed by atoms with Crippen LogP contribution in [0.1, 0.15) is 25.7 Å². The fourth-order valence-electron chi connectivity index (χ4n) is 1.66. The van der Waals surface area contributed by atoms with E-state index in [0.717, 1.165) is 38.9 Å². The minimum Gasteiger partial charge on any atom is -0.385 e. The van der Waals surface area contributed by atoms with E-state index in [1.54, 1.807) is 7.11 Å². The average Bonchev–Trinajstić information content (AvgIpc) is 2.62. The van der Waals surface area contributed by atoms with Crippen molar-refractivity contribution in [2.75, 3.05) is 26.9 Å². The number of nitriles is 1. The minimum absolute atomic E-state index is 0.187. The van der Waals surface area contributed by atoms with Crippen molar-refractivity contribution in [2.24, 2.45) is 5.41 Å². The van der Waals surface area contributed by atoms with Crippen LogP contribution in [0.5, 0.6) is 0 Å². The van der Waals surface area contributed by atoms with E-state index in [0.29, 0.717) is 6.61 Å². The van der Waals surface area contributed by atoms with E-state index < -0.39 is 0 Å². The Balaban J connectivity index is 2.21. The Morgan fingerprint density at radius 2 is 2.38 bits per heavy atom. The quantitative estimate of drug-likeness (QED) is 0.609. The van der Waals surface area contributed by atoms with Crippen molar-refractivity contribution in [3.8, 4) is 6.07 Å². The fourth-order valence-corrected chi connectivity index (χ4v) is 1.66. The molecule has 13 heavy (non-hydrogen) atoms. The van der Waals surface area contributed by atoms with Gasteiger partial charge in [-0.3, -0.25) is 0 Å². The molecule has 74 valence electrons. The van der Waals surface area contributed by atoms with Crippen molar-refractivity contribution < 1.29 is 9.47 Å². The molecule has 0 bridgehead atoms. The highest BCUT2D eigenvalue weighted by Crippen LogP contribution is 2.33. The number of ether oxygens (including phenoxy) is 2. The van der Waals surface area contributed by atoms with Gasteiger partial charge in [0.2, 0.25) is 0 Å². The highest BCUT2D eigenvalue weighted by atomic mass is 16.5. The van der Waals surface area contributed by atoms with Gasteiger partial charge in [0, 0.05) is 20.3 Å². The molecule has 0 amide bonds. The lowest BCUT2D eigenvalue weighted by molar-refractivity contribution is 0.161. The van der Waals surface area contributed by atoms with Crippen molar-refractivity contribution >= 4 is 0 Å². The lowest BCUT2D eigenvalue weighted by atomic mass is 9.84. The van der Waals surface area contributed by atoms with Gasteiger partial charge in [0.1, 0.15) is 0 Å². The van der Waals surface area contributed by atoms with E-state index in [4.69, 9.17) is 14.7 Å². The molecule has 1 heterocycles. The molecular formula is C10H17NO2. The molecule has 3 nitrogen and oxygen atoms in total. The first kappa shape index (κ1) is 10.5. The zero-order valence-corrected chi connectivity index (χ0v) is 8.21. The molecule has 0 N–H and O–H groups in total. The maximum atomic E-state index is 9.01. The molecule has 1 aliphatic rings. The van der Waals surface area contributed by atoms with Gasteiger partial charge in [-0.15, -0.1) is 0 Å². The highest BCUT2D eigenvalue weighted by molar-refractivity contribution is 5.01. The first-order chi connectivity index (χ1) is 6.33. The van der Waals surface area contributed by atoms with E-state index in [2.05, 4.69) is 6.07 Å². The number of rotatable bonds is 5. The predicted octanol–water partition coefficient (Wildman–Crippen LogP) is 1.73. The number of unbranched alkanes of at least 4 members (excludes halogenated alkanes) is 1. The van der Waals surface area contributed by atoms with Crippen molar-refractivity contribution in [3.63, 3.8) is 0 Å². The Morgan fingerprint density at radius 3 is 2.92 bits per heavy atom. The Bertz CT molecular complexity index is 180. The van der Waals surface area contributed by atoms with Crippen LogP contribution in [0.4, 0.5) is 0 Å². The van der Waals surface area contributed by atoms with Crippen molar-refractivity contribution in [2.45, 2.75) is 25.7 Å². The smallest absolute Gasteiger partial charge is 0.0828 e. The maximum Gasteiger partial charge on any atom is 0.0828 e. The van der Waals surface area contributed by atoms with E-state index in [1.807, 2.05) is 0 Å². The molecule has 0 aliphatic carbocycles. The summed E-state index contributed by atoms with van der Waals surface area (Å²) in [6.45, 7) is 2.16. The number of hydrogen-bond acceptors (Lipinski definition) is 3. The third kappa shape index (κ3) is 2.98. The lowest BCUT2D eigenvalue weighted by Crippen LogP contribution is -2.18. The summed E-state index contributed by atoms with van der Waals surface area (Å²) in [6.07, 6.45) is 3.95. The summed E-state index contributed by atoms with van der Waals surface area (Å²) >= 11 is 0. The fraction of sp³-hybridized carbons (Fsp3) is 0.900. The molecule has 0 radical (unpaired) electrons. The van der Waals surface area contributed by atoms with Gasteiger partial charge in [-0.05, 0) is 25.7 Å². The van der Waals surface area contributed by atoms with Gasteiger partial charge in [-0.1, -0.05) is 0 Å². The monoisotopic (exact) mass is 183 g/mol. The Kier molecular flexibility index (Phi) is 4.20. The number of hydrogen-bond donors (Lipinski definition) is 0. The third-order valence-electron chi connectivity index (χ3n) is 2.59. The second-order valence-electron chi connectivity index (χ2n) is 3.64. The van der Waals surface area contributed by atoms with Crippen molar-refractivity contribution in [1.29, 1.82) is 5.26 Å². The molecule has 0 aromatic carbocycles. The molecule has 0 saturated carbocycles. The van der Waals surface area contributed by atoms with Crippen molar-refractivity contribution in [1.82, 2.24) is 0 Å². The number of methoxy groups -OCH3 is 1. The van der Waals surface area contributed by atoms with E-state index in [-0.39, 0.29) is 5.41 Å². The minimum atomic E-state index is -0.187. The first-order valence-corrected chi connectivity index (χ1v) is 4.81. The van der Waals surface area contributed by atoms with Crippen LogP contribution in [0, 0.1) is 16.7 Å². The molecule has 1 fully saturated rings. The largest absolute Gasteiger partial charge is 0.385 e. The van der Waals surface area contributed by atoms with E-state index >= 15 is 0 Å². The highest BCUT2D eigenvalue weighted by Gasteiger charge is 2.34. The normalized spacial score (nSPS) is 27.4. The van der Waals surface area contributed by atoms with Gasteiger partial charge in [-0.25, -0.2) is 0 Å². The summed E-state index contributed by atoms with van der Waals surface area (Å²) < 4.78 is 10.2. The Labute approximate surface area is 79.6 Å². The van der Waals surface area contributed by atoms with Crippen LogP contribution >= 0.6 is 0 Å². The summed E-state index contributed by atoms with van der Waals surface area (Å²) in [7, 11) is 1.71. The third-order valence-corrected chi connectivity index (χ3v) is 2.59. The second-order valence-corrected chi connectivity index (χ2v) is 3.64. The summed E-state index contributed by atoms with van der Waals surface area (Å²) in [5.74, 6) is 0. The molecule has 1 saturated heterocycles. The van der Waals surface area contributed by atoms with E-state index in [9.17, 15) is 0 Å². The van der Waals surface area contributed by atoms with Crippen LogP contribution in [0.15, 0.2) is 0 Å². The van der Waals surface area contributed by atoms with Crippen LogP contribution in [0.25, 0.3) is 0 Å². The van der Waals surface area contributed by atoms with Crippen LogP contribution in [-0.4, -0.2) is 26.9 Å². The summed E-state index contributed by atoms with van der Waals surface area (Å²) in [5, 5.41) is 9.01. The SMILES string of the molecule is COCCCCC1(C#N)CCOC1. The van der Waals surface area contributed by atoms with Crippen LogP contribution in [0.3, 0.4) is 0 Å². The zero-order valence-electron chi connectivity index (χ0n) is 8.21. The van der Waals surface area contributed by atoms with Gasteiger partial charge in [0.25, 0.3) is 0 Å². The molecule has 0 aromatic rings. The Morgan fingerprint density at radius 1 is 1.54 bits per heavy atom. The van der Waals surface area contributed by atoms with E-state index in [1.165, 1.54) is 0 Å². The van der Waals surface area contributed by atoms with Gasteiger partial charge in [0.05, 0.1) is 18.1 Å². The molecule has 1 unspecified atom stereocenters. The molecular weight excluding hydrogens is 166 g/mol. The van der Waals surface area contributed by atoms with Gasteiger partial charge < -0.3 is 9.47 Å². The number of nitrogens with zero attached hydrogens (tertiary/aromatic N) is 1. The molecule has 1 aliphatic heterocycles. The Hall–Kier alpha value is -0.590. The summed E-state index contributed by atoms with van der Waals surface area (Å²) in [6, 6.07) is 2.39. The van der Waals surface area contributed by atoms with Gasteiger partial charge >= 0.3 is 0 Å². The van der Waals surface area contributed by atoms with Crippen molar-refractivity contribution in [3.05, 3.63) is 0 Å². The second kappa shape index (κ2) is 5.21. The molecule has 3 heteroatoms. The van der Waals surface area contributed by atoms with Crippen LogP contribution in [0.2, 0.25) is 0 Å². The summed E-state index contributed by atoms with van der Waals surface area (Å²) in [5.41, 5.74) is -0.187. The molecule has 0 aromatic heterocycles. The average molecular weight is 183 g/mol. The molecule has 1 rings (SSSR count). The van der Waals surface area contributed by atoms with Crippen LogP contribution < -0.4 is 0 Å². The topological polar surface area (TPSA) is 42.2 Å². The summed E-state index contributed by atoms with van der Waals surface area (Å²) in [4.78, 5) is 0. The molecule has 0 spiro atoms. The van der Waals surface area contributed by atoms with Crippen LogP contribution in [-0.2, 0) is 9.47 Å². The first-order valence-electron chi connectivity index (χ1n) is 4.81. The van der Waals surface area contributed by atoms with Gasteiger partial charge in [-0.2, -0.15) is 5.26 Å². The predicted molar refractivity (Wildman–Crippen MR) is 49.2 cm³/mol.